The van der Waals surface area contributed by atoms with Crippen molar-refractivity contribution in [1.29, 1.82) is 0 Å². The Balaban J connectivity index is 1.63. The second kappa shape index (κ2) is 8.20. The Hall–Kier alpha value is -1.58. The Morgan fingerprint density at radius 3 is 2.63 bits per heavy atom. The van der Waals surface area contributed by atoms with Crippen LogP contribution in [0.1, 0.15) is 39.0 Å². The zero-order valence-corrected chi connectivity index (χ0v) is 16.7. The van der Waals surface area contributed by atoms with E-state index in [-0.39, 0.29) is 27.9 Å². The van der Waals surface area contributed by atoms with Crippen LogP contribution in [0, 0.1) is 11.8 Å². The fourth-order valence-electron chi connectivity index (χ4n) is 3.49. The molecule has 1 saturated carbocycles. The summed E-state index contributed by atoms with van der Waals surface area (Å²) in [5.74, 6) is -1.04. The van der Waals surface area contributed by atoms with Crippen molar-refractivity contribution < 1.29 is 23.1 Å². The fourth-order valence-corrected chi connectivity index (χ4v) is 5.65. The molecule has 0 aromatic heterocycles. The lowest BCUT2D eigenvalue weighted by atomic mass is 9.82. The van der Waals surface area contributed by atoms with Gasteiger partial charge in [-0.2, -0.15) is 0 Å². The first kappa shape index (κ1) is 20.2. The van der Waals surface area contributed by atoms with Gasteiger partial charge in [-0.3, -0.25) is 9.59 Å². The van der Waals surface area contributed by atoms with Crippen LogP contribution < -0.4 is 10.0 Å². The first-order valence-corrected chi connectivity index (χ1v) is 11.5. The lowest BCUT2D eigenvalue weighted by molar-refractivity contribution is -0.143. The van der Waals surface area contributed by atoms with Crippen molar-refractivity contribution in [3.63, 3.8) is 0 Å². The minimum absolute atomic E-state index is 0.104. The zero-order chi connectivity index (χ0) is 19.6. The highest BCUT2D eigenvalue weighted by Gasteiger charge is 2.29. The van der Waals surface area contributed by atoms with Crippen molar-refractivity contribution in [1.82, 2.24) is 4.72 Å². The van der Waals surface area contributed by atoms with Gasteiger partial charge in [-0.05, 0) is 56.2 Å². The highest BCUT2D eigenvalue weighted by atomic mass is 32.2. The van der Waals surface area contributed by atoms with Gasteiger partial charge >= 0.3 is 5.97 Å². The number of carbonyl (C=O) groups excluding carboxylic acids is 1. The Kier molecular flexibility index (Phi) is 6.12. The van der Waals surface area contributed by atoms with Crippen LogP contribution in [0.25, 0.3) is 0 Å². The first-order chi connectivity index (χ1) is 12.8. The van der Waals surface area contributed by atoms with Crippen molar-refractivity contribution in [3.05, 3.63) is 18.2 Å². The topological polar surface area (TPSA) is 113 Å². The van der Waals surface area contributed by atoms with E-state index < -0.39 is 16.0 Å². The van der Waals surface area contributed by atoms with Gasteiger partial charge in [0.05, 0.1) is 21.8 Å². The number of carboxylic acids is 1. The molecular formula is C18H24N2O5S2. The Bertz CT molecular complexity index is 832. The molecule has 148 valence electrons. The van der Waals surface area contributed by atoms with E-state index in [1.165, 1.54) is 17.8 Å². The zero-order valence-electron chi connectivity index (χ0n) is 15.1. The van der Waals surface area contributed by atoms with Gasteiger partial charge in [-0.1, -0.05) is 6.92 Å². The van der Waals surface area contributed by atoms with Crippen LogP contribution in [0.15, 0.2) is 28.0 Å². The number of thioether (sulfide) groups is 1. The maximum Gasteiger partial charge on any atom is 0.306 e. The molecule has 1 amide bonds. The summed E-state index contributed by atoms with van der Waals surface area (Å²) in [7, 11) is -3.69. The number of nitrogens with one attached hydrogen (secondary N) is 2. The molecule has 7 nitrogen and oxygen atoms in total. The Morgan fingerprint density at radius 1 is 1.30 bits per heavy atom. The lowest BCUT2D eigenvalue weighted by Gasteiger charge is -2.26. The minimum Gasteiger partial charge on any atom is -0.481 e. The van der Waals surface area contributed by atoms with Gasteiger partial charge in [0.15, 0.2) is 0 Å². The number of amides is 1. The monoisotopic (exact) mass is 412 g/mol. The normalized spacial score (nSPS) is 25.5. The van der Waals surface area contributed by atoms with E-state index >= 15 is 0 Å². The molecule has 1 aromatic carbocycles. The number of anilines is 1. The van der Waals surface area contributed by atoms with E-state index in [1.807, 2.05) is 6.92 Å². The van der Waals surface area contributed by atoms with E-state index in [9.17, 15) is 18.0 Å². The van der Waals surface area contributed by atoms with Gasteiger partial charge in [0.1, 0.15) is 0 Å². The van der Waals surface area contributed by atoms with Crippen molar-refractivity contribution >= 4 is 39.3 Å². The third-order valence-corrected chi connectivity index (χ3v) is 8.07. The largest absolute Gasteiger partial charge is 0.481 e. The van der Waals surface area contributed by atoms with Crippen LogP contribution in [-0.2, 0) is 19.6 Å². The quantitative estimate of drug-likeness (QED) is 0.662. The third-order valence-electron chi connectivity index (χ3n) is 5.21. The summed E-state index contributed by atoms with van der Waals surface area (Å²) in [4.78, 5) is 24.0. The molecule has 3 N–H and O–H groups in total. The molecular weight excluding hydrogens is 388 g/mol. The predicted octanol–water partition coefficient (Wildman–Crippen LogP) is 2.68. The summed E-state index contributed by atoms with van der Waals surface area (Å²) in [6.45, 7) is 2.24. The molecule has 0 bridgehead atoms. The molecule has 1 atom stereocenters. The van der Waals surface area contributed by atoms with Crippen molar-refractivity contribution in [2.24, 2.45) is 11.8 Å². The first-order valence-electron chi connectivity index (χ1n) is 9.14. The number of rotatable bonds is 6. The average Bonchev–Trinajstić information content (AvgIpc) is 2.65. The van der Waals surface area contributed by atoms with Crippen molar-refractivity contribution in [2.45, 2.75) is 54.1 Å². The molecule has 1 aliphatic heterocycles. The van der Waals surface area contributed by atoms with Gasteiger partial charge in [0.25, 0.3) is 0 Å². The molecule has 2 aliphatic rings. The summed E-state index contributed by atoms with van der Waals surface area (Å²) in [6, 6.07) is 4.78. The van der Waals surface area contributed by atoms with Gasteiger partial charge in [0.2, 0.25) is 15.9 Å². The van der Waals surface area contributed by atoms with Crippen LogP contribution in [0.2, 0.25) is 0 Å². The number of sulfonamides is 1. The lowest BCUT2D eigenvalue weighted by Crippen LogP contribution is -2.33. The highest BCUT2D eigenvalue weighted by Crippen LogP contribution is 2.38. The SMILES string of the molecule is CC[C@@H]1Sc2ccc(S(=O)(=O)NCC3CCC(C(=O)O)CC3)cc2NC1=O. The summed E-state index contributed by atoms with van der Waals surface area (Å²) in [5.41, 5.74) is 0.527. The number of benzene rings is 1. The molecule has 1 aliphatic carbocycles. The fraction of sp³-hybridized carbons (Fsp3) is 0.556. The van der Waals surface area contributed by atoms with Gasteiger partial charge in [-0.15, -0.1) is 11.8 Å². The van der Waals surface area contributed by atoms with E-state index in [4.69, 9.17) is 5.11 Å². The van der Waals surface area contributed by atoms with Crippen molar-refractivity contribution in [3.8, 4) is 0 Å². The number of fused-ring (bicyclic) bond motifs is 1. The predicted molar refractivity (Wildman–Crippen MR) is 103 cm³/mol. The second-order valence-electron chi connectivity index (χ2n) is 7.07. The van der Waals surface area contributed by atoms with Crippen molar-refractivity contribution in [2.75, 3.05) is 11.9 Å². The number of hydrogen-bond donors (Lipinski definition) is 3. The van der Waals surface area contributed by atoms with E-state index in [0.717, 1.165) is 4.90 Å². The van der Waals surface area contributed by atoms with Crippen LogP contribution in [0.4, 0.5) is 5.69 Å². The molecule has 3 rings (SSSR count). The summed E-state index contributed by atoms with van der Waals surface area (Å²) in [5, 5.41) is 11.7. The maximum atomic E-state index is 12.6. The molecule has 0 saturated heterocycles. The molecule has 27 heavy (non-hydrogen) atoms. The number of aliphatic carboxylic acids is 1. The van der Waals surface area contributed by atoms with Gasteiger partial charge in [0, 0.05) is 11.4 Å². The molecule has 1 heterocycles. The Labute approximate surface area is 163 Å². The highest BCUT2D eigenvalue weighted by molar-refractivity contribution is 8.01. The second-order valence-corrected chi connectivity index (χ2v) is 10.1. The standard InChI is InChI=1S/C18H24N2O5S2/c1-2-15-17(21)20-14-9-13(7-8-16(14)26-15)27(24,25)19-10-11-3-5-12(6-4-11)18(22)23/h7-9,11-12,15,19H,2-6,10H2,1H3,(H,20,21)(H,22,23)/t11?,12?,15-/m0/s1. The van der Waals surface area contributed by atoms with Crippen LogP contribution in [0.5, 0.6) is 0 Å². The summed E-state index contributed by atoms with van der Waals surface area (Å²) >= 11 is 1.45. The molecule has 9 heteroatoms. The van der Waals surface area contributed by atoms with Crippen LogP contribution in [0.3, 0.4) is 0 Å². The van der Waals surface area contributed by atoms with E-state index in [1.54, 1.807) is 12.1 Å². The van der Waals surface area contributed by atoms with Crippen LogP contribution in [-0.4, -0.2) is 37.2 Å². The van der Waals surface area contributed by atoms with Crippen LogP contribution >= 0.6 is 11.8 Å². The number of carboxylic acid groups (broad SMARTS) is 1. The molecule has 0 spiro atoms. The van der Waals surface area contributed by atoms with Gasteiger partial charge < -0.3 is 10.4 Å². The minimum atomic E-state index is -3.69. The van der Waals surface area contributed by atoms with E-state index in [2.05, 4.69) is 10.0 Å². The summed E-state index contributed by atoms with van der Waals surface area (Å²) < 4.78 is 27.9. The Morgan fingerprint density at radius 2 is 2.00 bits per heavy atom. The number of carbonyl (C=O) groups is 2. The maximum absolute atomic E-state index is 12.6. The molecule has 0 unspecified atom stereocenters. The molecule has 1 aromatic rings. The molecule has 0 radical (unpaired) electrons. The van der Waals surface area contributed by atoms with E-state index in [0.29, 0.717) is 44.3 Å². The third kappa shape index (κ3) is 4.64. The smallest absolute Gasteiger partial charge is 0.306 e. The summed E-state index contributed by atoms with van der Waals surface area (Å²) in [6.07, 6.45) is 3.29. The average molecular weight is 413 g/mol. The number of hydrogen-bond acceptors (Lipinski definition) is 5. The van der Waals surface area contributed by atoms with Gasteiger partial charge in [-0.25, -0.2) is 13.1 Å². The molecule has 1 fully saturated rings.